The van der Waals surface area contributed by atoms with Gasteiger partial charge in [-0.15, -0.1) is 0 Å². The molecule has 9 nitrogen and oxygen atoms in total. The van der Waals surface area contributed by atoms with Crippen molar-refractivity contribution in [2.24, 2.45) is 0 Å². The highest BCUT2D eigenvalue weighted by atomic mass is 32.2. The third-order valence-electron chi connectivity index (χ3n) is 3.35. The van der Waals surface area contributed by atoms with Crippen molar-refractivity contribution in [2.75, 3.05) is 19.0 Å². The van der Waals surface area contributed by atoms with Gasteiger partial charge in [-0.3, -0.25) is 14.9 Å². The van der Waals surface area contributed by atoms with Crippen molar-refractivity contribution in [1.82, 2.24) is 4.72 Å². The van der Waals surface area contributed by atoms with Crippen LogP contribution in [0, 0.1) is 10.1 Å². The number of rotatable bonds is 8. The standard InChI is InChI=1S/C16H17N3O6S/c1-25-14-5-7-15(8-6-14)26(23,24)17-10-9-16(20)18-12-3-2-4-13(11-12)19(21)22/h2-8,11,17H,9-10H2,1H3,(H,18,20). The van der Waals surface area contributed by atoms with E-state index in [9.17, 15) is 23.3 Å². The third-order valence-corrected chi connectivity index (χ3v) is 4.83. The number of nitro benzene ring substituents is 1. The Morgan fingerprint density at radius 2 is 1.88 bits per heavy atom. The molecule has 0 saturated heterocycles. The number of methoxy groups -OCH3 is 1. The lowest BCUT2D eigenvalue weighted by molar-refractivity contribution is -0.384. The first-order valence-electron chi connectivity index (χ1n) is 7.50. The van der Waals surface area contributed by atoms with Crippen LogP contribution in [0.15, 0.2) is 53.4 Å². The van der Waals surface area contributed by atoms with E-state index in [0.717, 1.165) is 0 Å². The van der Waals surface area contributed by atoms with Crippen molar-refractivity contribution in [3.63, 3.8) is 0 Å². The smallest absolute Gasteiger partial charge is 0.271 e. The van der Waals surface area contributed by atoms with Crippen molar-refractivity contribution >= 4 is 27.3 Å². The number of ether oxygens (including phenoxy) is 1. The van der Waals surface area contributed by atoms with Crippen LogP contribution < -0.4 is 14.8 Å². The summed E-state index contributed by atoms with van der Waals surface area (Å²) < 4.78 is 31.6. The van der Waals surface area contributed by atoms with Gasteiger partial charge in [0.15, 0.2) is 0 Å². The van der Waals surface area contributed by atoms with E-state index in [0.29, 0.717) is 5.75 Å². The van der Waals surface area contributed by atoms with Crippen molar-refractivity contribution in [3.8, 4) is 5.75 Å². The summed E-state index contributed by atoms with van der Waals surface area (Å²) in [5.74, 6) is 0.0585. The second-order valence-electron chi connectivity index (χ2n) is 5.18. The number of nitrogens with one attached hydrogen (secondary N) is 2. The normalized spacial score (nSPS) is 11.0. The highest BCUT2D eigenvalue weighted by molar-refractivity contribution is 7.89. The van der Waals surface area contributed by atoms with Crippen LogP contribution in [0.3, 0.4) is 0 Å². The molecule has 0 fully saturated rings. The first-order valence-corrected chi connectivity index (χ1v) is 8.98. The number of benzene rings is 2. The van der Waals surface area contributed by atoms with Crippen LogP contribution in [-0.4, -0.2) is 32.9 Å². The molecule has 0 unspecified atom stereocenters. The molecular weight excluding hydrogens is 362 g/mol. The van der Waals surface area contributed by atoms with Gasteiger partial charge in [0.25, 0.3) is 5.69 Å². The molecule has 0 aliphatic heterocycles. The Morgan fingerprint density at radius 1 is 1.19 bits per heavy atom. The van der Waals surface area contributed by atoms with Gasteiger partial charge in [-0.25, -0.2) is 13.1 Å². The monoisotopic (exact) mass is 379 g/mol. The molecule has 0 spiro atoms. The lowest BCUT2D eigenvalue weighted by atomic mass is 10.2. The number of nitro groups is 1. The highest BCUT2D eigenvalue weighted by Gasteiger charge is 2.14. The minimum absolute atomic E-state index is 0.0531. The number of sulfonamides is 1. The fourth-order valence-corrected chi connectivity index (χ4v) is 3.09. The van der Waals surface area contributed by atoms with Crippen LogP contribution in [-0.2, 0) is 14.8 Å². The van der Waals surface area contributed by atoms with Gasteiger partial charge in [-0.2, -0.15) is 0 Å². The summed E-state index contributed by atoms with van der Waals surface area (Å²) in [6.07, 6.45) is -0.127. The maximum atomic E-state index is 12.1. The number of carbonyl (C=O) groups excluding carboxylic acids is 1. The molecule has 26 heavy (non-hydrogen) atoms. The SMILES string of the molecule is COc1ccc(S(=O)(=O)NCCC(=O)Nc2cccc([N+](=O)[O-])c2)cc1. The summed E-state index contributed by atoms with van der Waals surface area (Å²) in [7, 11) is -2.27. The van der Waals surface area contributed by atoms with Gasteiger partial charge >= 0.3 is 0 Å². The summed E-state index contributed by atoms with van der Waals surface area (Å²) in [5.41, 5.74) is 0.116. The Balaban J connectivity index is 1.89. The van der Waals surface area contributed by atoms with Crippen LogP contribution in [0.25, 0.3) is 0 Å². The van der Waals surface area contributed by atoms with Crippen LogP contribution in [0.4, 0.5) is 11.4 Å². The van der Waals surface area contributed by atoms with E-state index in [4.69, 9.17) is 4.74 Å². The topological polar surface area (TPSA) is 128 Å². The summed E-state index contributed by atoms with van der Waals surface area (Å²) in [6, 6.07) is 11.3. The molecular formula is C16H17N3O6S. The molecule has 0 heterocycles. The molecule has 0 aromatic heterocycles. The second-order valence-corrected chi connectivity index (χ2v) is 6.95. The number of amides is 1. The van der Waals surface area contributed by atoms with Gasteiger partial charge in [0, 0.05) is 30.8 Å². The second kappa shape index (κ2) is 8.41. The maximum Gasteiger partial charge on any atom is 0.271 e. The van der Waals surface area contributed by atoms with Gasteiger partial charge in [-0.05, 0) is 30.3 Å². The first kappa shape index (κ1) is 19.3. The average Bonchev–Trinajstić information content (AvgIpc) is 2.61. The highest BCUT2D eigenvalue weighted by Crippen LogP contribution is 2.17. The van der Waals surface area contributed by atoms with Crippen molar-refractivity contribution in [2.45, 2.75) is 11.3 Å². The minimum Gasteiger partial charge on any atom is -0.497 e. The van der Waals surface area contributed by atoms with E-state index in [1.54, 1.807) is 0 Å². The van der Waals surface area contributed by atoms with Crippen LogP contribution >= 0.6 is 0 Å². The zero-order valence-corrected chi connectivity index (χ0v) is 14.7. The van der Waals surface area contributed by atoms with E-state index in [2.05, 4.69) is 10.0 Å². The predicted molar refractivity (Wildman–Crippen MR) is 94.5 cm³/mol. The van der Waals surface area contributed by atoms with Gasteiger partial charge in [-0.1, -0.05) is 6.07 Å². The first-order chi connectivity index (χ1) is 12.3. The van der Waals surface area contributed by atoms with Gasteiger partial charge in [0.05, 0.1) is 16.9 Å². The van der Waals surface area contributed by atoms with Gasteiger partial charge < -0.3 is 10.1 Å². The fourth-order valence-electron chi connectivity index (χ4n) is 2.06. The Kier molecular flexibility index (Phi) is 6.26. The number of non-ortho nitro benzene ring substituents is 1. The summed E-state index contributed by atoms with van der Waals surface area (Å²) in [4.78, 5) is 22.1. The molecule has 2 aromatic carbocycles. The van der Waals surface area contributed by atoms with Crippen LogP contribution in [0.1, 0.15) is 6.42 Å². The summed E-state index contributed by atoms with van der Waals surface area (Å²) >= 11 is 0. The quantitative estimate of drug-likeness (QED) is 0.533. The van der Waals surface area contributed by atoms with E-state index >= 15 is 0 Å². The average molecular weight is 379 g/mol. The lowest BCUT2D eigenvalue weighted by Gasteiger charge is -2.08. The Labute approximate surface area is 150 Å². The molecule has 0 saturated carbocycles. The van der Waals surface area contributed by atoms with E-state index in [1.165, 1.54) is 55.6 Å². The largest absolute Gasteiger partial charge is 0.497 e. The fraction of sp³-hybridized carbons (Fsp3) is 0.188. The molecule has 0 aliphatic rings. The van der Waals surface area contributed by atoms with Crippen LogP contribution in [0.5, 0.6) is 5.75 Å². The molecule has 0 aliphatic carbocycles. The van der Waals surface area contributed by atoms with Crippen molar-refractivity contribution in [1.29, 1.82) is 0 Å². The molecule has 0 radical (unpaired) electrons. The molecule has 2 rings (SSSR count). The van der Waals surface area contributed by atoms with E-state index < -0.39 is 20.9 Å². The van der Waals surface area contributed by atoms with Crippen molar-refractivity contribution < 1.29 is 22.9 Å². The number of hydrogen-bond donors (Lipinski definition) is 2. The predicted octanol–water partition coefficient (Wildman–Crippen LogP) is 1.91. The number of nitrogens with zero attached hydrogens (tertiary/aromatic N) is 1. The summed E-state index contributed by atoms with van der Waals surface area (Å²) in [6.45, 7) is -0.116. The summed E-state index contributed by atoms with van der Waals surface area (Å²) in [5, 5.41) is 13.2. The molecule has 1 amide bonds. The number of hydrogen-bond acceptors (Lipinski definition) is 6. The molecule has 0 atom stereocenters. The lowest BCUT2D eigenvalue weighted by Crippen LogP contribution is -2.27. The van der Waals surface area contributed by atoms with E-state index in [-0.39, 0.29) is 29.2 Å². The number of carbonyl (C=O) groups is 1. The molecule has 0 bridgehead atoms. The Morgan fingerprint density at radius 3 is 2.50 bits per heavy atom. The Hall–Kier alpha value is -2.98. The molecule has 2 aromatic rings. The third kappa shape index (κ3) is 5.26. The van der Waals surface area contributed by atoms with E-state index in [1.807, 2.05) is 0 Å². The minimum atomic E-state index is -3.75. The van der Waals surface area contributed by atoms with Crippen molar-refractivity contribution in [3.05, 3.63) is 58.6 Å². The Bertz CT molecular complexity index is 896. The number of anilines is 1. The molecule has 2 N–H and O–H groups in total. The van der Waals surface area contributed by atoms with Gasteiger partial charge in [0.1, 0.15) is 5.75 Å². The molecule has 138 valence electrons. The maximum absolute atomic E-state index is 12.1. The zero-order chi connectivity index (χ0) is 19.2. The van der Waals surface area contributed by atoms with Crippen LogP contribution in [0.2, 0.25) is 0 Å². The zero-order valence-electron chi connectivity index (χ0n) is 13.8. The molecule has 10 heteroatoms. The van der Waals surface area contributed by atoms with Gasteiger partial charge in [0.2, 0.25) is 15.9 Å².